The molecule has 1 aromatic carbocycles. The second kappa shape index (κ2) is 8.39. The van der Waals surface area contributed by atoms with E-state index < -0.39 is 23.1 Å². The molecule has 1 heterocycles. The van der Waals surface area contributed by atoms with Gasteiger partial charge in [-0.2, -0.15) is 18.3 Å². The van der Waals surface area contributed by atoms with Crippen LogP contribution >= 0.6 is 0 Å². The quantitative estimate of drug-likeness (QED) is 0.757. The van der Waals surface area contributed by atoms with E-state index in [1.54, 1.807) is 11.8 Å². The molecule has 8 heteroatoms. The predicted molar refractivity (Wildman–Crippen MR) is 103 cm³/mol. The number of amides is 1. The van der Waals surface area contributed by atoms with Gasteiger partial charge in [-0.1, -0.05) is 25.3 Å². The molecule has 156 valence electrons. The van der Waals surface area contributed by atoms with Crippen molar-refractivity contribution in [2.24, 2.45) is 0 Å². The van der Waals surface area contributed by atoms with E-state index in [1.807, 2.05) is 6.92 Å². The molecule has 0 bridgehead atoms. The van der Waals surface area contributed by atoms with Gasteiger partial charge in [0.15, 0.2) is 5.69 Å². The topological polar surface area (TPSA) is 55.2 Å². The van der Waals surface area contributed by atoms with Crippen LogP contribution in [0.25, 0.3) is 5.69 Å². The Morgan fingerprint density at radius 1 is 1.21 bits per heavy atom. The molecular formula is C21H24F3N3O2. The number of benzene rings is 1. The van der Waals surface area contributed by atoms with Crippen molar-refractivity contribution in [2.45, 2.75) is 58.2 Å². The number of alkyl halides is 3. The fourth-order valence-corrected chi connectivity index (χ4v) is 3.87. The van der Waals surface area contributed by atoms with Gasteiger partial charge in [0, 0.05) is 24.3 Å². The largest absolute Gasteiger partial charge is 0.416 e. The SMILES string of the molecule is CCN(C(=O)c1nn(-c2cccc(C(F)(F)F)c2)c(C)cc1=O)C1CCCCC1. The van der Waals surface area contributed by atoms with Crippen molar-refractivity contribution in [3.05, 3.63) is 57.5 Å². The zero-order valence-corrected chi connectivity index (χ0v) is 16.5. The molecule has 1 fully saturated rings. The first-order valence-corrected chi connectivity index (χ1v) is 9.82. The van der Waals surface area contributed by atoms with Gasteiger partial charge in [0.25, 0.3) is 5.91 Å². The molecule has 0 unspecified atom stereocenters. The standard InChI is InChI=1S/C21H24F3N3O2/c1-3-26(16-9-5-4-6-10-16)20(29)19-18(28)12-14(2)27(25-19)17-11-7-8-15(13-17)21(22,23)24/h7-8,11-13,16H,3-6,9-10H2,1-2H3. The summed E-state index contributed by atoms with van der Waals surface area (Å²) in [6, 6.07) is 5.97. The van der Waals surface area contributed by atoms with E-state index >= 15 is 0 Å². The van der Waals surface area contributed by atoms with E-state index in [0.717, 1.165) is 44.2 Å². The summed E-state index contributed by atoms with van der Waals surface area (Å²) in [6.45, 7) is 3.87. The van der Waals surface area contributed by atoms with Crippen LogP contribution in [0.1, 0.15) is 60.8 Å². The van der Waals surface area contributed by atoms with Crippen molar-refractivity contribution in [3.8, 4) is 5.69 Å². The van der Waals surface area contributed by atoms with Gasteiger partial charge in [0.1, 0.15) is 0 Å². The van der Waals surface area contributed by atoms with Crippen molar-refractivity contribution in [3.63, 3.8) is 0 Å². The third kappa shape index (κ3) is 4.52. The molecule has 0 spiro atoms. The molecule has 2 aromatic rings. The van der Waals surface area contributed by atoms with E-state index in [0.29, 0.717) is 12.2 Å². The Balaban J connectivity index is 2.02. The predicted octanol–water partition coefficient (Wildman–Crippen LogP) is 4.35. The second-order valence-electron chi connectivity index (χ2n) is 7.34. The summed E-state index contributed by atoms with van der Waals surface area (Å²) >= 11 is 0. The van der Waals surface area contributed by atoms with Gasteiger partial charge in [0.05, 0.1) is 11.3 Å². The lowest BCUT2D eigenvalue weighted by Gasteiger charge is -2.33. The zero-order chi connectivity index (χ0) is 21.2. The molecule has 1 aromatic heterocycles. The van der Waals surface area contributed by atoms with Crippen LogP contribution in [0.2, 0.25) is 0 Å². The number of rotatable bonds is 4. The van der Waals surface area contributed by atoms with Gasteiger partial charge in [-0.25, -0.2) is 4.68 Å². The Bertz CT molecular complexity index is 947. The summed E-state index contributed by atoms with van der Waals surface area (Å²) in [7, 11) is 0. The van der Waals surface area contributed by atoms with Crippen LogP contribution in [-0.4, -0.2) is 33.2 Å². The highest BCUT2D eigenvalue weighted by atomic mass is 19.4. The van der Waals surface area contributed by atoms with E-state index in [9.17, 15) is 22.8 Å². The highest BCUT2D eigenvalue weighted by Crippen LogP contribution is 2.30. The van der Waals surface area contributed by atoms with Gasteiger partial charge in [0.2, 0.25) is 5.43 Å². The summed E-state index contributed by atoms with van der Waals surface area (Å²) in [6.07, 6.45) is 0.462. The lowest BCUT2D eigenvalue weighted by Crippen LogP contribution is -2.43. The number of aromatic nitrogens is 2. The summed E-state index contributed by atoms with van der Waals surface area (Å²) < 4.78 is 40.4. The molecule has 5 nitrogen and oxygen atoms in total. The van der Waals surface area contributed by atoms with Crippen molar-refractivity contribution in [1.82, 2.24) is 14.7 Å². The number of carbonyl (C=O) groups is 1. The van der Waals surface area contributed by atoms with Gasteiger partial charge in [-0.3, -0.25) is 9.59 Å². The molecule has 0 N–H and O–H groups in total. The molecule has 1 aliphatic carbocycles. The van der Waals surface area contributed by atoms with Crippen molar-refractivity contribution in [1.29, 1.82) is 0 Å². The van der Waals surface area contributed by atoms with Gasteiger partial charge in [-0.15, -0.1) is 0 Å². The van der Waals surface area contributed by atoms with E-state index in [2.05, 4.69) is 5.10 Å². The first-order valence-electron chi connectivity index (χ1n) is 9.82. The smallest absolute Gasteiger partial charge is 0.334 e. The van der Waals surface area contributed by atoms with Crippen molar-refractivity contribution >= 4 is 5.91 Å². The summed E-state index contributed by atoms with van der Waals surface area (Å²) in [4.78, 5) is 27.2. The fraction of sp³-hybridized carbons (Fsp3) is 0.476. The van der Waals surface area contributed by atoms with Crippen LogP contribution in [0.4, 0.5) is 13.2 Å². The number of carbonyl (C=O) groups excluding carboxylic acids is 1. The van der Waals surface area contributed by atoms with Gasteiger partial charge in [-0.05, 0) is 44.9 Å². The van der Waals surface area contributed by atoms with Gasteiger partial charge >= 0.3 is 6.18 Å². The molecule has 1 saturated carbocycles. The normalized spacial score (nSPS) is 15.3. The fourth-order valence-electron chi connectivity index (χ4n) is 3.87. The number of hydrogen-bond donors (Lipinski definition) is 0. The van der Waals surface area contributed by atoms with Crippen molar-refractivity contribution < 1.29 is 18.0 Å². The van der Waals surface area contributed by atoms with Crippen LogP contribution in [0.3, 0.4) is 0 Å². The highest BCUT2D eigenvalue weighted by molar-refractivity contribution is 5.92. The Morgan fingerprint density at radius 2 is 1.90 bits per heavy atom. The monoisotopic (exact) mass is 407 g/mol. The van der Waals surface area contributed by atoms with Crippen LogP contribution in [0, 0.1) is 6.92 Å². The van der Waals surface area contributed by atoms with E-state index in [1.165, 1.54) is 22.9 Å². The minimum absolute atomic E-state index is 0.0609. The second-order valence-corrected chi connectivity index (χ2v) is 7.34. The Hall–Kier alpha value is -2.64. The maximum atomic E-state index is 13.1. The molecule has 1 amide bonds. The number of aryl methyl sites for hydroxylation is 1. The van der Waals surface area contributed by atoms with Crippen LogP contribution in [0.15, 0.2) is 35.1 Å². The molecule has 0 aliphatic heterocycles. The first-order chi connectivity index (χ1) is 13.7. The summed E-state index contributed by atoms with van der Waals surface area (Å²) in [5.74, 6) is -0.467. The lowest BCUT2D eigenvalue weighted by molar-refractivity contribution is -0.137. The average molecular weight is 407 g/mol. The molecular weight excluding hydrogens is 383 g/mol. The van der Waals surface area contributed by atoms with E-state index in [4.69, 9.17) is 0 Å². The summed E-state index contributed by atoms with van der Waals surface area (Å²) in [5, 5.41) is 4.17. The molecule has 1 aliphatic rings. The number of hydrogen-bond acceptors (Lipinski definition) is 3. The lowest BCUT2D eigenvalue weighted by atomic mass is 9.94. The van der Waals surface area contributed by atoms with Crippen LogP contribution in [0.5, 0.6) is 0 Å². The Labute approximate surface area is 167 Å². The first kappa shape index (κ1) is 21.1. The minimum Gasteiger partial charge on any atom is -0.334 e. The van der Waals surface area contributed by atoms with E-state index in [-0.39, 0.29) is 17.4 Å². The number of nitrogens with zero attached hydrogens (tertiary/aromatic N) is 3. The van der Waals surface area contributed by atoms with Crippen LogP contribution in [-0.2, 0) is 6.18 Å². The molecule has 3 rings (SSSR count). The number of halogens is 3. The summed E-state index contributed by atoms with van der Waals surface area (Å²) in [5.41, 5.74) is -1.11. The minimum atomic E-state index is -4.50. The van der Waals surface area contributed by atoms with Crippen molar-refractivity contribution in [2.75, 3.05) is 6.54 Å². The zero-order valence-electron chi connectivity index (χ0n) is 16.5. The Kier molecular flexibility index (Phi) is 6.10. The van der Waals surface area contributed by atoms with Gasteiger partial charge < -0.3 is 4.90 Å². The molecule has 0 atom stereocenters. The maximum Gasteiger partial charge on any atom is 0.416 e. The third-order valence-corrected chi connectivity index (χ3v) is 5.35. The Morgan fingerprint density at radius 3 is 2.52 bits per heavy atom. The third-order valence-electron chi connectivity index (χ3n) is 5.35. The molecule has 29 heavy (non-hydrogen) atoms. The molecule has 0 saturated heterocycles. The van der Waals surface area contributed by atoms with Crippen LogP contribution < -0.4 is 5.43 Å². The average Bonchev–Trinajstić information content (AvgIpc) is 2.69. The highest BCUT2D eigenvalue weighted by Gasteiger charge is 2.31. The molecule has 0 radical (unpaired) electrons. The maximum absolute atomic E-state index is 13.1.